The van der Waals surface area contributed by atoms with Gasteiger partial charge in [0, 0.05) is 4.88 Å². The lowest BCUT2D eigenvalue weighted by atomic mass is 10.1. The van der Waals surface area contributed by atoms with Gasteiger partial charge in [0.05, 0.1) is 22.9 Å². The first-order chi connectivity index (χ1) is 13.8. The van der Waals surface area contributed by atoms with E-state index in [1.54, 1.807) is 18.4 Å². The SMILES string of the molecule is COc1cc(C=C(C#N)c2nc3ccccc3s2)ccc1OCc1cccs1. The second-order valence-electron chi connectivity index (χ2n) is 5.93. The fourth-order valence-corrected chi connectivity index (χ4v) is 4.28. The summed E-state index contributed by atoms with van der Waals surface area (Å²) in [5, 5.41) is 12.4. The lowest BCUT2D eigenvalue weighted by molar-refractivity contribution is 0.287. The van der Waals surface area contributed by atoms with E-state index in [1.165, 1.54) is 11.3 Å². The molecule has 0 atom stereocenters. The van der Waals surface area contributed by atoms with Crippen LogP contribution in [0, 0.1) is 11.3 Å². The van der Waals surface area contributed by atoms with Crippen molar-refractivity contribution in [2.45, 2.75) is 6.61 Å². The number of thiophene rings is 1. The lowest BCUT2D eigenvalue weighted by Gasteiger charge is -2.10. The predicted octanol–water partition coefficient (Wildman–Crippen LogP) is 6.01. The Kier molecular flexibility index (Phi) is 5.38. The molecular weight excluding hydrogens is 388 g/mol. The van der Waals surface area contributed by atoms with Gasteiger partial charge in [-0.2, -0.15) is 5.26 Å². The summed E-state index contributed by atoms with van der Waals surface area (Å²) >= 11 is 3.16. The van der Waals surface area contributed by atoms with E-state index in [0.717, 1.165) is 20.7 Å². The smallest absolute Gasteiger partial charge is 0.161 e. The van der Waals surface area contributed by atoms with Gasteiger partial charge < -0.3 is 9.47 Å². The summed E-state index contributed by atoms with van der Waals surface area (Å²) in [6, 6.07) is 19.8. The van der Waals surface area contributed by atoms with Gasteiger partial charge in [0.2, 0.25) is 0 Å². The van der Waals surface area contributed by atoms with Crippen molar-refractivity contribution in [2.75, 3.05) is 7.11 Å². The molecule has 28 heavy (non-hydrogen) atoms. The molecule has 6 heteroatoms. The zero-order valence-corrected chi connectivity index (χ0v) is 16.7. The first-order valence-corrected chi connectivity index (χ1v) is 10.3. The molecule has 0 N–H and O–H groups in total. The number of hydrogen-bond donors (Lipinski definition) is 0. The van der Waals surface area contributed by atoms with Crippen molar-refractivity contribution in [3.05, 3.63) is 75.4 Å². The van der Waals surface area contributed by atoms with E-state index in [-0.39, 0.29) is 0 Å². The molecule has 0 saturated carbocycles. The molecule has 0 spiro atoms. The molecule has 2 aromatic heterocycles. The molecule has 0 amide bonds. The van der Waals surface area contributed by atoms with E-state index in [2.05, 4.69) is 11.1 Å². The molecule has 2 aromatic carbocycles. The van der Waals surface area contributed by atoms with Crippen molar-refractivity contribution in [3.8, 4) is 17.6 Å². The Morgan fingerprint density at radius 2 is 2.04 bits per heavy atom. The molecule has 4 nitrogen and oxygen atoms in total. The normalized spacial score (nSPS) is 11.4. The number of aromatic nitrogens is 1. The van der Waals surface area contributed by atoms with Gasteiger partial charge in [0.25, 0.3) is 0 Å². The number of fused-ring (bicyclic) bond motifs is 1. The molecule has 0 aliphatic heterocycles. The van der Waals surface area contributed by atoms with Crippen molar-refractivity contribution >= 4 is 44.5 Å². The molecule has 0 saturated heterocycles. The summed E-state index contributed by atoms with van der Waals surface area (Å²) < 4.78 is 12.4. The highest BCUT2D eigenvalue weighted by Crippen LogP contribution is 2.32. The Morgan fingerprint density at radius 1 is 1.14 bits per heavy atom. The van der Waals surface area contributed by atoms with Gasteiger partial charge in [0.15, 0.2) is 11.5 Å². The predicted molar refractivity (Wildman–Crippen MR) is 115 cm³/mol. The van der Waals surface area contributed by atoms with Crippen molar-refractivity contribution in [1.82, 2.24) is 4.98 Å². The van der Waals surface area contributed by atoms with E-state index in [0.29, 0.717) is 28.7 Å². The van der Waals surface area contributed by atoms with E-state index < -0.39 is 0 Å². The minimum absolute atomic E-state index is 0.498. The Balaban J connectivity index is 1.61. The number of benzene rings is 2. The molecule has 2 heterocycles. The number of thiazole rings is 1. The highest BCUT2D eigenvalue weighted by Gasteiger charge is 2.10. The highest BCUT2D eigenvalue weighted by molar-refractivity contribution is 7.19. The summed E-state index contributed by atoms with van der Waals surface area (Å²) in [5.74, 6) is 1.30. The largest absolute Gasteiger partial charge is 0.493 e. The number of hydrogen-bond acceptors (Lipinski definition) is 6. The first-order valence-electron chi connectivity index (χ1n) is 8.58. The third kappa shape index (κ3) is 3.91. The van der Waals surface area contributed by atoms with E-state index in [1.807, 2.05) is 66.1 Å². The van der Waals surface area contributed by atoms with Gasteiger partial charge in [-0.05, 0) is 47.4 Å². The quantitative estimate of drug-likeness (QED) is 0.369. The van der Waals surface area contributed by atoms with Crippen LogP contribution in [0.15, 0.2) is 60.0 Å². The van der Waals surface area contributed by atoms with Gasteiger partial charge in [-0.3, -0.25) is 0 Å². The minimum Gasteiger partial charge on any atom is -0.493 e. The summed E-state index contributed by atoms with van der Waals surface area (Å²) in [6.07, 6.45) is 1.82. The second-order valence-corrected chi connectivity index (χ2v) is 8.00. The lowest BCUT2D eigenvalue weighted by Crippen LogP contribution is -1.96. The van der Waals surface area contributed by atoms with Crippen LogP contribution in [-0.2, 0) is 6.61 Å². The fourth-order valence-electron chi connectivity index (χ4n) is 2.73. The molecule has 4 rings (SSSR count). The molecule has 0 aliphatic rings. The average Bonchev–Trinajstić information content (AvgIpc) is 3.40. The fraction of sp³-hybridized carbons (Fsp3) is 0.0909. The molecule has 138 valence electrons. The highest BCUT2D eigenvalue weighted by atomic mass is 32.1. The minimum atomic E-state index is 0.498. The van der Waals surface area contributed by atoms with Crippen LogP contribution in [0.3, 0.4) is 0 Å². The topological polar surface area (TPSA) is 55.1 Å². The zero-order valence-electron chi connectivity index (χ0n) is 15.1. The Morgan fingerprint density at radius 3 is 2.79 bits per heavy atom. The van der Waals surface area contributed by atoms with E-state index in [9.17, 15) is 5.26 Å². The Labute approximate surface area is 170 Å². The van der Waals surface area contributed by atoms with Crippen molar-refractivity contribution in [2.24, 2.45) is 0 Å². The van der Waals surface area contributed by atoms with Crippen LogP contribution < -0.4 is 9.47 Å². The van der Waals surface area contributed by atoms with Crippen molar-refractivity contribution < 1.29 is 9.47 Å². The van der Waals surface area contributed by atoms with E-state index >= 15 is 0 Å². The number of allylic oxidation sites excluding steroid dienone is 1. The van der Waals surface area contributed by atoms with Gasteiger partial charge in [0.1, 0.15) is 17.7 Å². The summed E-state index contributed by atoms with van der Waals surface area (Å²) in [5.41, 5.74) is 2.28. The number of nitriles is 1. The van der Waals surface area contributed by atoms with Crippen LogP contribution in [0.1, 0.15) is 15.4 Å². The molecule has 0 radical (unpaired) electrons. The van der Waals surface area contributed by atoms with Crippen molar-refractivity contribution in [1.29, 1.82) is 5.26 Å². The van der Waals surface area contributed by atoms with Crippen LogP contribution in [-0.4, -0.2) is 12.1 Å². The van der Waals surface area contributed by atoms with Gasteiger partial charge in [-0.15, -0.1) is 22.7 Å². The molecule has 4 aromatic rings. The zero-order chi connectivity index (χ0) is 19.3. The van der Waals surface area contributed by atoms with Crippen LogP contribution >= 0.6 is 22.7 Å². The Bertz CT molecular complexity index is 1140. The maximum absolute atomic E-state index is 9.63. The van der Waals surface area contributed by atoms with Crippen molar-refractivity contribution in [3.63, 3.8) is 0 Å². The van der Waals surface area contributed by atoms with Gasteiger partial charge >= 0.3 is 0 Å². The Hall–Kier alpha value is -3.14. The maximum atomic E-state index is 9.63. The molecular formula is C22H16N2O2S2. The first kappa shape index (κ1) is 18.2. The van der Waals surface area contributed by atoms with Gasteiger partial charge in [-0.25, -0.2) is 4.98 Å². The third-order valence-corrected chi connectivity index (χ3v) is 6.01. The molecule has 0 bridgehead atoms. The molecule has 0 aliphatic carbocycles. The average molecular weight is 405 g/mol. The monoisotopic (exact) mass is 404 g/mol. The number of para-hydroxylation sites is 1. The van der Waals surface area contributed by atoms with Crippen LogP contribution in [0.5, 0.6) is 11.5 Å². The summed E-state index contributed by atoms with van der Waals surface area (Å²) in [6.45, 7) is 0.498. The third-order valence-electron chi connectivity index (χ3n) is 4.09. The second kappa shape index (κ2) is 8.26. The van der Waals surface area contributed by atoms with Crippen LogP contribution in [0.4, 0.5) is 0 Å². The molecule has 0 fully saturated rings. The maximum Gasteiger partial charge on any atom is 0.161 e. The number of nitrogens with zero attached hydrogens (tertiary/aromatic N) is 2. The number of methoxy groups -OCH3 is 1. The standard InChI is InChI=1S/C22H16N2O2S2/c1-25-20-12-15(8-9-19(20)26-14-17-5-4-10-27-17)11-16(13-23)22-24-18-6-2-3-7-21(18)28-22/h2-12H,14H2,1H3. The van der Waals surface area contributed by atoms with Crippen LogP contribution in [0.25, 0.3) is 21.9 Å². The summed E-state index contributed by atoms with van der Waals surface area (Å²) in [7, 11) is 1.61. The van der Waals surface area contributed by atoms with E-state index in [4.69, 9.17) is 9.47 Å². The number of ether oxygens (including phenoxy) is 2. The summed E-state index contributed by atoms with van der Waals surface area (Å²) in [4.78, 5) is 5.72. The number of rotatable bonds is 6. The van der Waals surface area contributed by atoms with Crippen LogP contribution in [0.2, 0.25) is 0 Å². The molecule has 0 unspecified atom stereocenters. The van der Waals surface area contributed by atoms with Gasteiger partial charge in [-0.1, -0.05) is 24.3 Å².